The summed E-state index contributed by atoms with van der Waals surface area (Å²) in [6.45, 7) is -0.150. The molecule has 0 radical (unpaired) electrons. The molecule has 2 saturated carbocycles. The van der Waals surface area contributed by atoms with E-state index in [9.17, 15) is 24.6 Å². The maximum Gasteiger partial charge on any atom is 0.247 e. The second kappa shape index (κ2) is 9.62. The highest BCUT2D eigenvalue weighted by Crippen LogP contribution is 2.52. The molecule has 4 aliphatic rings. The van der Waals surface area contributed by atoms with Crippen LogP contribution in [0.3, 0.4) is 0 Å². The Labute approximate surface area is 204 Å². The van der Waals surface area contributed by atoms with Gasteiger partial charge in [0, 0.05) is 35.2 Å². The number of methoxy groups -OCH3 is 1. The number of ether oxygens (including phenoxy) is 2. The van der Waals surface area contributed by atoms with Gasteiger partial charge in [-0.05, 0) is 43.9 Å². The summed E-state index contributed by atoms with van der Waals surface area (Å²) >= 11 is 0. The summed E-state index contributed by atoms with van der Waals surface area (Å²) in [5, 5.41) is 23.6. The fraction of sp³-hybridized carbons (Fsp3) is 0.577. The molecule has 4 atom stereocenters. The Balaban J connectivity index is 1.60. The molecule has 9 nitrogen and oxygen atoms in total. The lowest BCUT2D eigenvalue weighted by Gasteiger charge is -2.43. The Morgan fingerprint density at radius 3 is 2.60 bits per heavy atom. The Bertz CT molecular complexity index is 1040. The van der Waals surface area contributed by atoms with E-state index in [4.69, 9.17) is 9.47 Å². The molecule has 0 bridgehead atoms. The molecule has 2 amide bonds. The highest BCUT2D eigenvalue weighted by molar-refractivity contribution is 5.96. The van der Waals surface area contributed by atoms with Crippen molar-refractivity contribution in [3.63, 3.8) is 0 Å². The number of rotatable bonds is 8. The molecule has 3 aliphatic carbocycles. The molecule has 3 N–H and O–H groups in total. The molecule has 5 rings (SSSR count). The topological polar surface area (TPSA) is 125 Å². The number of benzene rings is 1. The van der Waals surface area contributed by atoms with Crippen LogP contribution in [0.15, 0.2) is 23.8 Å². The monoisotopic (exact) mass is 484 g/mol. The predicted octanol–water partition coefficient (Wildman–Crippen LogP) is 1.31. The van der Waals surface area contributed by atoms with Crippen LogP contribution in [0.5, 0.6) is 11.5 Å². The average Bonchev–Trinajstić information content (AvgIpc) is 3.45. The number of aliphatic hydroxyl groups is 2. The van der Waals surface area contributed by atoms with Gasteiger partial charge in [-0.3, -0.25) is 14.4 Å². The van der Waals surface area contributed by atoms with Crippen molar-refractivity contribution in [2.75, 3.05) is 20.3 Å². The standard InChI is InChI=1S/C26H32N2O7/c1-34-20-11-14(13-30)10-17-21-18(25(32)27-8-9-29)12-19(22(31)24(21)35-23(17)20)28(16-4-2-3-5-16)26(33)15-6-7-15/h10-13,15-16,19,21-22,24,29,31H,2-9H2,1H3,(H,27,32). The third kappa shape index (κ3) is 4.21. The average molecular weight is 485 g/mol. The highest BCUT2D eigenvalue weighted by Gasteiger charge is 2.53. The normalized spacial score (nSPS) is 27.3. The van der Waals surface area contributed by atoms with E-state index >= 15 is 0 Å². The first-order chi connectivity index (χ1) is 17.0. The molecular weight excluding hydrogens is 452 g/mol. The second-order valence-corrected chi connectivity index (χ2v) is 9.86. The molecule has 9 heteroatoms. The molecule has 1 aromatic carbocycles. The van der Waals surface area contributed by atoms with Gasteiger partial charge in [-0.1, -0.05) is 12.8 Å². The number of nitrogens with zero attached hydrogens (tertiary/aromatic N) is 1. The van der Waals surface area contributed by atoms with Crippen molar-refractivity contribution in [1.29, 1.82) is 0 Å². The second-order valence-electron chi connectivity index (χ2n) is 9.86. The Morgan fingerprint density at radius 2 is 1.97 bits per heavy atom. The first-order valence-electron chi connectivity index (χ1n) is 12.4. The number of fused-ring (bicyclic) bond motifs is 3. The Hall–Kier alpha value is -2.91. The lowest BCUT2D eigenvalue weighted by Crippen LogP contribution is -2.58. The molecule has 2 fully saturated rings. The number of carbonyl (C=O) groups is 3. The SMILES string of the molecule is COc1cc(C=O)cc2c1OC1C2C(C(=O)NCCO)=CC(N(C(=O)C2CC2)C2CCCC2)C1O. The van der Waals surface area contributed by atoms with Crippen LogP contribution < -0.4 is 14.8 Å². The van der Waals surface area contributed by atoms with Crippen LogP contribution in [0.25, 0.3) is 0 Å². The van der Waals surface area contributed by atoms with Crippen LogP contribution in [0, 0.1) is 5.92 Å². The van der Waals surface area contributed by atoms with Crippen LogP contribution in [0.1, 0.15) is 60.4 Å². The molecule has 1 aromatic rings. The van der Waals surface area contributed by atoms with Gasteiger partial charge in [0.2, 0.25) is 11.8 Å². The van der Waals surface area contributed by atoms with Gasteiger partial charge in [-0.25, -0.2) is 0 Å². The van der Waals surface area contributed by atoms with Gasteiger partial charge in [-0.2, -0.15) is 0 Å². The van der Waals surface area contributed by atoms with Gasteiger partial charge >= 0.3 is 0 Å². The lowest BCUT2D eigenvalue weighted by atomic mass is 9.77. The zero-order valence-electron chi connectivity index (χ0n) is 19.8. The van der Waals surface area contributed by atoms with Crippen LogP contribution >= 0.6 is 0 Å². The van der Waals surface area contributed by atoms with E-state index in [-0.39, 0.29) is 31.0 Å². The largest absolute Gasteiger partial charge is 0.493 e. The fourth-order valence-electron chi connectivity index (χ4n) is 5.82. The van der Waals surface area contributed by atoms with Crippen LogP contribution in [0.4, 0.5) is 0 Å². The van der Waals surface area contributed by atoms with Gasteiger partial charge in [0.1, 0.15) is 18.5 Å². The minimum atomic E-state index is -1.07. The summed E-state index contributed by atoms with van der Waals surface area (Å²) in [6.07, 6.45) is 5.97. The molecular formula is C26H32N2O7. The maximum atomic E-state index is 13.4. The van der Waals surface area contributed by atoms with E-state index in [1.807, 2.05) is 4.90 Å². The number of aliphatic hydroxyl groups excluding tert-OH is 2. The number of nitrogens with one attached hydrogen (secondary N) is 1. The van der Waals surface area contributed by atoms with E-state index in [1.54, 1.807) is 18.2 Å². The van der Waals surface area contributed by atoms with Gasteiger partial charge in [0.05, 0.1) is 25.7 Å². The minimum Gasteiger partial charge on any atom is -0.493 e. The van der Waals surface area contributed by atoms with Crippen LogP contribution in [0.2, 0.25) is 0 Å². The van der Waals surface area contributed by atoms with Crippen molar-refractivity contribution in [1.82, 2.24) is 10.2 Å². The summed E-state index contributed by atoms with van der Waals surface area (Å²) in [5.74, 6) is -0.317. The minimum absolute atomic E-state index is 0.0114. The van der Waals surface area contributed by atoms with Crippen molar-refractivity contribution in [2.24, 2.45) is 5.92 Å². The molecule has 0 saturated heterocycles. The van der Waals surface area contributed by atoms with Gasteiger partial charge in [-0.15, -0.1) is 0 Å². The summed E-state index contributed by atoms with van der Waals surface area (Å²) in [6, 6.07) is 2.51. The van der Waals surface area contributed by atoms with Crippen molar-refractivity contribution in [2.45, 2.75) is 68.7 Å². The zero-order valence-corrected chi connectivity index (χ0v) is 19.8. The number of hydrogen-bond acceptors (Lipinski definition) is 7. The molecule has 1 heterocycles. The third-order valence-electron chi connectivity index (χ3n) is 7.63. The molecule has 0 aromatic heterocycles. The summed E-state index contributed by atoms with van der Waals surface area (Å²) < 4.78 is 11.7. The number of hydrogen-bond donors (Lipinski definition) is 3. The first-order valence-corrected chi connectivity index (χ1v) is 12.4. The smallest absolute Gasteiger partial charge is 0.247 e. The third-order valence-corrected chi connectivity index (χ3v) is 7.63. The van der Waals surface area contributed by atoms with Gasteiger partial charge in [0.15, 0.2) is 11.5 Å². The summed E-state index contributed by atoms with van der Waals surface area (Å²) in [7, 11) is 1.47. The van der Waals surface area contributed by atoms with Gasteiger partial charge < -0.3 is 29.9 Å². The van der Waals surface area contributed by atoms with Crippen LogP contribution in [-0.4, -0.2) is 77.8 Å². The quantitative estimate of drug-likeness (QED) is 0.475. The molecule has 1 aliphatic heterocycles. The fourth-order valence-corrected chi connectivity index (χ4v) is 5.82. The summed E-state index contributed by atoms with van der Waals surface area (Å²) in [4.78, 5) is 40.1. The Morgan fingerprint density at radius 1 is 1.23 bits per heavy atom. The Kier molecular flexibility index (Phi) is 6.55. The van der Waals surface area contributed by atoms with Crippen molar-refractivity contribution in [3.05, 3.63) is 34.9 Å². The lowest BCUT2D eigenvalue weighted by molar-refractivity contribution is -0.141. The van der Waals surface area contributed by atoms with Gasteiger partial charge in [0.25, 0.3) is 0 Å². The zero-order chi connectivity index (χ0) is 24.7. The van der Waals surface area contributed by atoms with E-state index < -0.39 is 30.1 Å². The predicted molar refractivity (Wildman–Crippen MR) is 125 cm³/mol. The van der Waals surface area contributed by atoms with Crippen LogP contribution in [-0.2, 0) is 9.59 Å². The number of amides is 2. The number of carbonyl (C=O) groups excluding carboxylic acids is 3. The molecule has 4 unspecified atom stereocenters. The number of aldehydes is 1. The van der Waals surface area contributed by atoms with E-state index in [0.717, 1.165) is 38.5 Å². The molecule has 0 spiro atoms. The van der Waals surface area contributed by atoms with E-state index in [1.165, 1.54) is 7.11 Å². The molecule has 35 heavy (non-hydrogen) atoms. The molecule has 188 valence electrons. The van der Waals surface area contributed by atoms with Crippen molar-refractivity contribution >= 4 is 18.1 Å². The highest BCUT2D eigenvalue weighted by atomic mass is 16.5. The van der Waals surface area contributed by atoms with Crippen molar-refractivity contribution < 1.29 is 34.1 Å². The van der Waals surface area contributed by atoms with E-state index in [2.05, 4.69) is 5.32 Å². The first kappa shape index (κ1) is 23.8. The van der Waals surface area contributed by atoms with Crippen molar-refractivity contribution in [3.8, 4) is 11.5 Å². The van der Waals surface area contributed by atoms with E-state index in [0.29, 0.717) is 34.5 Å². The summed E-state index contributed by atoms with van der Waals surface area (Å²) in [5.41, 5.74) is 1.31. The maximum absolute atomic E-state index is 13.4.